The zero-order valence-corrected chi connectivity index (χ0v) is 11.9. The van der Waals surface area contributed by atoms with Crippen LogP contribution in [-0.4, -0.2) is 61.6 Å². The topological polar surface area (TPSA) is 32.8 Å². The lowest BCUT2D eigenvalue weighted by atomic mass is 9.96. The fourth-order valence-corrected chi connectivity index (χ4v) is 2.70. The first-order chi connectivity index (χ1) is 8.56. The van der Waals surface area contributed by atoms with Crippen LogP contribution in [-0.2, 0) is 9.53 Å². The van der Waals surface area contributed by atoms with Crippen molar-refractivity contribution in [2.24, 2.45) is 11.8 Å². The van der Waals surface area contributed by atoms with Gasteiger partial charge in [-0.15, -0.1) is 0 Å². The van der Waals surface area contributed by atoms with Crippen LogP contribution in [0.1, 0.15) is 26.7 Å². The molecule has 1 amide bonds. The predicted octanol–water partition coefficient (Wildman–Crippen LogP) is 1.21. The molecule has 0 spiro atoms. The summed E-state index contributed by atoms with van der Waals surface area (Å²) < 4.78 is 5.89. The summed E-state index contributed by atoms with van der Waals surface area (Å²) in [6.45, 7) is 8.80. The highest BCUT2D eigenvalue weighted by Gasteiger charge is 2.27. The fourth-order valence-electron chi connectivity index (χ4n) is 2.70. The molecule has 0 aromatic heterocycles. The largest absolute Gasteiger partial charge is 0.375 e. The lowest BCUT2D eigenvalue weighted by Crippen LogP contribution is -2.50. The summed E-state index contributed by atoms with van der Waals surface area (Å²) in [5.74, 6) is 1.07. The summed E-state index contributed by atoms with van der Waals surface area (Å²) >= 11 is 0. The lowest BCUT2D eigenvalue weighted by molar-refractivity contribution is -0.136. The molecule has 2 rings (SSSR count). The molecular weight excluding hydrogens is 228 g/mol. The molecule has 0 aromatic carbocycles. The second-order valence-corrected chi connectivity index (χ2v) is 6.10. The molecule has 18 heavy (non-hydrogen) atoms. The van der Waals surface area contributed by atoms with Crippen molar-refractivity contribution in [3.63, 3.8) is 0 Å². The summed E-state index contributed by atoms with van der Waals surface area (Å²) in [6, 6.07) is 0. The molecule has 4 nitrogen and oxygen atoms in total. The smallest absolute Gasteiger partial charge is 0.225 e. The van der Waals surface area contributed by atoms with E-state index in [1.165, 1.54) is 0 Å². The normalized spacial score (nSPS) is 23.4. The van der Waals surface area contributed by atoms with Gasteiger partial charge in [-0.3, -0.25) is 4.79 Å². The third-order valence-corrected chi connectivity index (χ3v) is 4.02. The number of hydrogen-bond acceptors (Lipinski definition) is 3. The minimum Gasteiger partial charge on any atom is -0.375 e. The van der Waals surface area contributed by atoms with E-state index in [9.17, 15) is 4.79 Å². The van der Waals surface area contributed by atoms with Crippen LogP contribution >= 0.6 is 0 Å². The van der Waals surface area contributed by atoms with E-state index in [4.69, 9.17) is 4.74 Å². The molecule has 0 aromatic rings. The lowest BCUT2D eigenvalue weighted by Gasteiger charge is -2.38. The van der Waals surface area contributed by atoms with Crippen molar-refractivity contribution < 1.29 is 9.53 Å². The van der Waals surface area contributed by atoms with E-state index in [-0.39, 0.29) is 5.92 Å². The van der Waals surface area contributed by atoms with Gasteiger partial charge in [-0.1, -0.05) is 13.8 Å². The third kappa shape index (κ3) is 3.45. The minimum absolute atomic E-state index is 0.128. The van der Waals surface area contributed by atoms with E-state index in [1.54, 1.807) is 0 Å². The number of carbonyl (C=O) groups excluding carboxylic acids is 1. The third-order valence-electron chi connectivity index (χ3n) is 4.02. The first-order valence-electron chi connectivity index (χ1n) is 7.15. The van der Waals surface area contributed by atoms with Gasteiger partial charge in [0.2, 0.25) is 5.91 Å². The Bertz CT molecular complexity index is 280. The summed E-state index contributed by atoms with van der Waals surface area (Å²) in [4.78, 5) is 16.1. The molecule has 0 atom stereocenters. The van der Waals surface area contributed by atoms with Crippen LogP contribution in [0.4, 0.5) is 0 Å². The van der Waals surface area contributed by atoms with Crippen molar-refractivity contribution in [1.29, 1.82) is 0 Å². The number of hydrogen-bond donors (Lipinski definition) is 0. The zero-order chi connectivity index (χ0) is 13.1. The maximum Gasteiger partial charge on any atom is 0.225 e. The Morgan fingerprint density at radius 3 is 2.39 bits per heavy atom. The summed E-state index contributed by atoms with van der Waals surface area (Å²) in [7, 11) is 2.12. The Kier molecular flexibility index (Phi) is 4.62. The monoisotopic (exact) mass is 254 g/mol. The number of rotatable bonds is 4. The molecule has 0 saturated carbocycles. The standard InChI is InChI=1S/C14H26N2O2/c1-11(2)14(17)16-6-4-12(5-7-16)10-18-13-8-15(3)9-13/h11-13H,4-10H2,1-3H3. The van der Waals surface area contributed by atoms with Crippen LogP contribution in [0.15, 0.2) is 0 Å². The van der Waals surface area contributed by atoms with E-state index in [0.29, 0.717) is 17.9 Å². The van der Waals surface area contributed by atoms with Crippen LogP contribution < -0.4 is 0 Å². The fraction of sp³-hybridized carbons (Fsp3) is 0.929. The van der Waals surface area contributed by atoms with Crippen molar-refractivity contribution in [1.82, 2.24) is 9.80 Å². The number of piperidine rings is 1. The molecule has 2 fully saturated rings. The van der Waals surface area contributed by atoms with Gasteiger partial charge in [0.25, 0.3) is 0 Å². The molecule has 2 aliphatic heterocycles. The number of nitrogens with zero attached hydrogens (tertiary/aromatic N) is 2. The van der Waals surface area contributed by atoms with E-state index >= 15 is 0 Å². The second kappa shape index (κ2) is 6.02. The number of likely N-dealkylation sites (N-methyl/N-ethyl adjacent to an activating group) is 1. The Morgan fingerprint density at radius 2 is 1.89 bits per heavy atom. The molecule has 2 aliphatic rings. The average molecular weight is 254 g/mol. The van der Waals surface area contributed by atoms with Gasteiger partial charge in [0.1, 0.15) is 0 Å². The van der Waals surface area contributed by atoms with Crippen LogP contribution in [0, 0.1) is 11.8 Å². The highest BCUT2D eigenvalue weighted by molar-refractivity contribution is 5.78. The molecule has 0 unspecified atom stereocenters. The van der Waals surface area contributed by atoms with Crippen molar-refractivity contribution in [3.05, 3.63) is 0 Å². The number of likely N-dealkylation sites (tertiary alicyclic amines) is 2. The van der Waals surface area contributed by atoms with E-state index in [1.807, 2.05) is 18.7 Å². The Labute approximate surface area is 110 Å². The number of ether oxygens (including phenoxy) is 1. The molecule has 2 saturated heterocycles. The van der Waals surface area contributed by atoms with Gasteiger partial charge >= 0.3 is 0 Å². The van der Waals surface area contributed by atoms with Gasteiger partial charge in [0.05, 0.1) is 12.7 Å². The molecule has 0 N–H and O–H groups in total. The van der Waals surface area contributed by atoms with E-state index < -0.39 is 0 Å². The van der Waals surface area contributed by atoms with Gasteiger partial charge in [0, 0.05) is 32.1 Å². The molecule has 0 bridgehead atoms. The highest BCUT2D eigenvalue weighted by Crippen LogP contribution is 2.20. The SMILES string of the molecule is CC(C)C(=O)N1CCC(COC2CN(C)C2)CC1. The molecule has 104 valence electrons. The maximum atomic E-state index is 11.9. The summed E-state index contributed by atoms with van der Waals surface area (Å²) in [5.41, 5.74) is 0. The van der Waals surface area contributed by atoms with Crippen LogP contribution in [0.3, 0.4) is 0 Å². The highest BCUT2D eigenvalue weighted by atomic mass is 16.5. The number of carbonyl (C=O) groups is 1. The van der Waals surface area contributed by atoms with Crippen molar-refractivity contribution in [2.45, 2.75) is 32.8 Å². The van der Waals surface area contributed by atoms with Gasteiger partial charge in [-0.2, -0.15) is 0 Å². The Balaban J connectivity index is 1.63. The van der Waals surface area contributed by atoms with Gasteiger partial charge < -0.3 is 14.5 Å². The quantitative estimate of drug-likeness (QED) is 0.756. The van der Waals surface area contributed by atoms with Gasteiger partial charge in [-0.05, 0) is 25.8 Å². The maximum absolute atomic E-state index is 11.9. The van der Waals surface area contributed by atoms with E-state index in [2.05, 4.69) is 11.9 Å². The van der Waals surface area contributed by atoms with Gasteiger partial charge in [0.15, 0.2) is 0 Å². The summed E-state index contributed by atoms with van der Waals surface area (Å²) in [6.07, 6.45) is 2.65. The Hall–Kier alpha value is -0.610. The zero-order valence-electron chi connectivity index (χ0n) is 11.9. The van der Waals surface area contributed by atoms with Crippen LogP contribution in [0.2, 0.25) is 0 Å². The van der Waals surface area contributed by atoms with Crippen LogP contribution in [0.5, 0.6) is 0 Å². The molecule has 4 heteroatoms. The first-order valence-corrected chi connectivity index (χ1v) is 7.15. The average Bonchev–Trinajstić information content (AvgIpc) is 2.33. The molecular formula is C14H26N2O2. The van der Waals surface area contributed by atoms with Crippen molar-refractivity contribution in [3.8, 4) is 0 Å². The summed E-state index contributed by atoms with van der Waals surface area (Å²) in [5, 5.41) is 0. The van der Waals surface area contributed by atoms with E-state index in [0.717, 1.165) is 45.6 Å². The second-order valence-electron chi connectivity index (χ2n) is 6.10. The molecule has 0 radical (unpaired) electrons. The van der Waals surface area contributed by atoms with Crippen molar-refractivity contribution >= 4 is 5.91 Å². The van der Waals surface area contributed by atoms with Crippen LogP contribution in [0.25, 0.3) is 0 Å². The minimum atomic E-state index is 0.128. The van der Waals surface area contributed by atoms with Crippen molar-refractivity contribution in [2.75, 3.05) is 39.8 Å². The molecule has 0 aliphatic carbocycles. The number of amides is 1. The first kappa shape index (κ1) is 13.8. The van der Waals surface area contributed by atoms with Gasteiger partial charge in [-0.25, -0.2) is 0 Å². The predicted molar refractivity (Wildman–Crippen MR) is 71.4 cm³/mol. The molecule has 2 heterocycles. The Morgan fingerprint density at radius 1 is 1.28 bits per heavy atom.